The van der Waals surface area contributed by atoms with Crippen LogP contribution in [0.25, 0.3) is 0 Å². The Balaban J connectivity index is 1.80. The Hall–Kier alpha value is -2.74. The summed E-state index contributed by atoms with van der Waals surface area (Å²) in [7, 11) is 1.74. The number of carbonyl (C=O) groups is 2. The van der Waals surface area contributed by atoms with E-state index in [2.05, 4.69) is 12.0 Å². The topological polar surface area (TPSA) is 67.7 Å². The van der Waals surface area contributed by atoms with Gasteiger partial charge in [-0.2, -0.15) is 5.10 Å². The Morgan fingerprint density at radius 3 is 2.72 bits per heavy atom. The number of rotatable bonds is 8. The number of ether oxygens (including phenoxy) is 1. The molecular weight excluding hydrogens is 411 g/mol. The van der Waals surface area contributed by atoms with E-state index < -0.39 is 6.10 Å². The molecule has 174 valence electrons. The first kappa shape index (κ1) is 23.9. The summed E-state index contributed by atoms with van der Waals surface area (Å²) >= 11 is 0. The van der Waals surface area contributed by atoms with Crippen LogP contribution in [0.4, 0.5) is 4.39 Å². The molecule has 0 aliphatic carbocycles. The molecule has 1 fully saturated rings. The monoisotopic (exact) mass is 444 g/mol. The van der Waals surface area contributed by atoms with Gasteiger partial charge in [-0.15, -0.1) is 0 Å². The van der Waals surface area contributed by atoms with Gasteiger partial charge in [-0.3, -0.25) is 14.3 Å². The Kier molecular flexibility index (Phi) is 8.01. The Labute approximate surface area is 189 Å². The fourth-order valence-electron chi connectivity index (χ4n) is 3.95. The number of benzene rings is 1. The normalized spacial score (nSPS) is 17.2. The molecule has 0 N–H and O–H groups in total. The number of amides is 2. The molecule has 0 bridgehead atoms. The van der Waals surface area contributed by atoms with Crippen molar-refractivity contribution in [2.45, 2.75) is 46.3 Å². The highest BCUT2D eigenvalue weighted by molar-refractivity contribution is 5.95. The Morgan fingerprint density at radius 2 is 2.03 bits per heavy atom. The zero-order valence-electron chi connectivity index (χ0n) is 19.4. The van der Waals surface area contributed by atoms with Gasteiger partial charge in [-0.1, -0.05) is 45.4 Å². The van der Waals surface area contributed by atoms with Gasteiger partial charge in [-0.05, 0) is 24.5 Å². The fourth-order valence-corrected chi connectivity index (χ4v) is 3.95. The van der Waals surface area contributed by atoms with Crippen LogP contribution in [-0.4, -0.2) is 63.7 Å². The predicted molar refractivity (Wildman–Crippen MR) is 120 cm³/mol. The minimum absolute atomic E-state index is 0.0145. The standard InChI is InChI=1S/C24H33FN4O3/c1-5-8-19-11-22(27(4)26-19)24(31)29-14-20(13-28(12-17(2)3)23(30)15-29)32-16-18-9-6-7-10-21(18)25/h6-7,9-11,17,20H,5,8,12-16H2,1-4H3/t20-/m0/s1. The average molecular weight is 445 g/mol. The van der Waals surface area contributed by atoms with Crippen LogP contribution in [0, 0.1) is 11.7 Å². The number of hydrogen-bond acceptors (Lipinski definition) is 4. The van der Waals surface area contributed by atoms with E-state index in [1.54, 1.807) is 40.9 Å². The van der Waals surface area contributed by atoms with Gasteiger partial charge in [0.1, 0.15) is 18.1 Å². The van der Waals surface area contributed by atoms with Crippen LogP contribution < -0.4 is 0 Å². The molecule has 0 radical (unpaired) electrons. The molecular formula is C24H33FN4O3. The van der Waals surface area contributed by atoms with E-state index in [4.69, 9.17) is 4.74 Å². The largest absolute Gasteiger partial charge is 0.370 e. The van der Waals surface area contributed by atoms with Gasteiger partial charge >= 0.3 is 0 Å². The lowest BCUT2D eigenvalue weighted by atomic mass is 10.2. The van der Waals surface area contributed by atoms with Gasteiger partial charge in [0.15, 0.2) is 0 Å². The highest BCUT2D eigenvalue weighted by Crippen LogP contribution is 2.17. The van der Waals surface area contributed by atoms with Crippen molar-refractivity contribution in [2.75, 3.05) is 26.2 Å². The lowest BCUT2D eigenvalue weighted by molar-refractivity contribution is -0.132. The predicted octanol–water partition coefficient (Wildman–Crippen LogP) is 3.04. The molecule has 2 amide bonds. The molecule has 32 heavy (non-hydrogen) atoms. The van der Waals surface area contributed by atoms with E-state index in [9.17, 15) is 14.0 Å². The second-order valence-corrected chi connectivity index (χ2v) is 8.80. The molecule has 8 heteroatoms. The summed E-state index contributed by atoms with van der Waals surface area (Å²) in [6.07, 6.45) is 1.30. The van der Waals surface area contributed by atoms with E-state index in [0.717, 1.165) is 18.5 Å². The lowest BCUT2D eigenvalue weighted by Gasteiger charge is -2.26. The van der Waals surface area contributed by atoms with E-state index in [1.807, 2.05) is 13.8 Å². The highest BCUT2D eigenvalue weighted by Gasteiger charge is 2.32. The van der Waals surface area contributed by atoms with Gasteiger partial charge in [-0.25, -0.2) is 4.39 Å². The third kappa shape index (κ3) is 5.94. The number of hydrogen-bond donors (Lipinski definition) is 0. The van der Waals surface area contributed by atoms with Crippen LogP contribution in [0.5, 0.6) is 0 Å². The lowest BCUT2D eigenvalue weighted by Crippen LogP contribution is -2.41. The van der Waals surface area contributed by atoms with Gasteiger partial charge in [0.2, 0.25) is 5.91 Å². The van der Waals surface area contributed by atoms with Crippen LogP contribution in [0.2, 0.25) is 0 Å². The molecule has 0 unspecified atom stereocenters. The van der Waals surface area contributed by atoms with Crippen molar-refractivity contribution in [3.63, 3.8) is 0 Å². The number of aryl methyl sites for hydroxylation is 2. The summed E-state index contributed by atoms with van der Waals surface area (Å²) in [6, 6.07) is 8.26. The first-order valence-corrected chi connectivity index (χ1v) is 11.2. The van der Waals surface area contributed by atoms with Gasteiger partial charge in [0.05, 0.1) is 18.4 Å². The quantitative estimate of drug-likeness (QED) is 0.628. The van der Waals surface area contributed by atoms with Crippen molar-refractivity contribution >= 4 is 11.8 Å². The minimum Gasteiger partial charge on any atom is -0.370 e. The molecule has 7 nitrogen and oxygen atoms in total. The third-order valence-electron chi connectivity index (χ3n) is 5.49. The van der Waals surface area contributed by atoms with Crippen LogP contribution in [0.1, 0.15) is 48.9 Å². The zero-order chi connectivity index (χ0) is 23.3. The van der Waals surface area contributed by atoms with Gasteiger partial charge in [0, 0.05) is 32.2 Å². The van der Waals surface area contributed by atoms with Crippen LogP contribution in [0.15, 0.2) is 30.3 Å². The molecule has 1 atom stereocenters. The zero-order valence-corrected chi connectivity index (χ0v) is 19.4. The molecule has 1 aliphatic rings. The fraction of sp³-hybridized carbons (Fsp3) is 0.542. The number of nitrogens with zero attached hydrogens (tertiary/aromatic N) is 4. The number of aromatic nitrogens is 2. The third-order valence-corrected chi connectivity index (χ3v) is 5.49. The summed E-state index contributed by atoms with van der Waals surface area (Å²) in [6.45, 7) is 7.40. The van der Waals surface area contributed by atoms with Crippen molar-refractivity contribution in [1.82, 2.24) is 19.6 Å². The smallest absolute Gasteiger partial charge is 0.272 e. The molecule has 3 rings (SSSR count). The van der Waals surface area contributed by atoms with E-state index in [0.29, 0.717) is 24.3 Å². The summed E-state index contributed by atoms with van der Waals surface area (Å²) in [4.78, 5) is 29.5. The minimum atomic E-state index is -0.424. The van der Waals surface area contributed by atoms with E-state index in [-0.39, 0.29) is 43.2 Å². The molecule has 1 aliphatic heterocycles. The molecule has 1 saturated heterocycles. The molecule has 1 aromatic heterocycles. The first-order chi connectivity index (χ1) is 15.3. The van der Waals surface area contributed by atoms with Crippen molar-refractivity contribution in [1.29, 1.82) is 0 Å². The van der Waals surface area contributed by atoms with Crippen molar-refractivity contribution in [3.8, 4) is 0 Å². The van der Waals surface area contributed by atoms with Gasteiger partial charge < -0.3 is 14.5 Å². The van der Waals surface area contributed by atoms with Crippen molar-refractivity contribution < 1.29 is 18.7 Å². The maximum Gasteiger partial charge on any atom is 0.272 e. The van der Waals surface area contributed by atoms with E-state index >= 15 is 0 Å². The maximum absolute atomic E-state index is 14.1. The number of carbonyl (C=O) groups excluding carboxylic acids is 2. The summed E-state index contributed by atoms with van der Waals surface area (Å²) in [5.41, 5.74) is 1.76. The average Bonchev–Trinajstić information content (AvgIpc) is 3.03. The summed E-state index contributed by atoms with van der Waals surface area (Å²) in [5, 5.41) is 4.42. The Bertz CT molecular complexity index is 943. The SMILES string of the molecule is CCCc1cc(C(=O)N2CC(=O)N(CC(C)C)C[C@H](OCc3ccccc3F)C2)n(C)n1. The van der Waals surface area contributed by atoms with E-state index in [1.165, 1.54) is 11.0 Å². The highest BCUT2D eigenvalue weighted by atomic mass is 19.1. The molecule has 1 aromatic carbocycles. The number of halogens is 1. The first-order valence-electron chi connectivity index (χ1n) is 11.2. The summed E-state index contributed by atoms with van der Waals surface area (Å²) < 4.78 is 21.7. The van der Waals surface area contributed by atoms with Crippen molar-refractivity contribution in [3.05, 3.63) is 53.1 Å². The van der Waals surface area contributed by atoms with Gasteiger partial charge in [0.25, 0.3) is 5.91 Å². The molecule has 0 saturated carbocycles. The second-order valence-electron chi connectivity index (χ2n) is 8.80. The van der Waals surface area contributed by atoms with Crippen LogP contribution in [0.3, 0.4) is 0 Å². The van der Waals surface area contributed by atoms with Crippen LogP contribution >= 0.6 is 0 Å². The Morgan fingerprint density at radius 1 is 1.28 bits per heavy atom. The molecule has 2 aromatic rings. The van der Waals surface area contributed by atoms with Crippen LogP contribution in [-0.2, 0) is 29.6 Å². The summed E-state index contributed by atoms with van der Waals surface area (Å²) in [5.74, 6) is -0.411. The second kappa shape index (κ2) is 10.7. The molecule has 2 heterocycles. The van der Waals surface area contributed by atoms with Crippen molar-refractivity contribution in [2.24, 2.45) is 13.0 Å². The maximum atomic E-state index is 14.1. The molecule has 0 spiro atoms.